The summed E-state index contributed by atoms with van der Waals surface area (Å²) in [4.78, 5) is 24.7. The molecule has 23 heavy (non-hydrogen) atoms. The Balaban J connectivity index is 1.94. The van der Waals surface area contributed by atoms with Gasteiger partial charge in [0.2, 0.25) is 0 Å². The van der Waals surface area contributed by atoms with Crippen molar-refractivity contribution in [3.8, 4) is 0 Å². The highest BCUT2D eigenvalue weighted by Crippen LogP contribution is 2.29. The fourth-order valence-electron chi connectivity index (χ4n) is 2.49. The average Bonchev–Trinajstić information content (AvgIpc) is 3.23. The third kappa shape index (κ3) is 2.85. The summed E-state index contributed by atoms with van der Waals surface area (Å²) in [7, 11) is 1.26. The summed E-state index contributed by atoms with van der Waals surface area (Å²) < 4.78 is 10.1. The zero-order chi connectivity index (χ0) is 16.4. The minimum Gasteiger partial charge on any atom is -0.469 e. The highest BCUT2D eigenvalue weighted by Gasteiger charge is 2.43. The van der Waals surface area contributed by atoms with Crippen LogP contribution in [0.2, 0.25) is 5.02 Å². The van der Waals surface area contributed by atoms with Crippen LogP contribution in [-0.2, 0) is 9.53 Å². The van der Waals surface area contributed by atoms with Crippen LogP contribution in [0, 0.1) is 0 Å². The number of benzene rings is 1. The summed E-state index contributed by atoms with van der Waals surface area (Å²) in [6.07, 6.45) is 1.48. The van der Waals surface area contributed by atoms with Crippen molar-refractivity contribution in [3.05, 3.63) is 59.0 Å². The fraction of sp³-hybridized carbons (Fsp3) is 0.188. The Labute approximate surface area is 137 Å². The number of halogens is 1. The largest absolute Gasteiger partial charge is 0.469 e. The summed E-state index contributed by atoms with van der Waals surface area (Å²) in [5, 5.41) is 4.51. The van der Waals surface area contributed by atoms with Crippen molar-refractivity contribution in [2.24, 2.45) is 5.10 Å². The van der Waals surface area contributed by atoms with Crippen LogP contribution >= 0.6 is 11.6 Å². The van der Waals surface area contributed by atoms with E-state index in [9.17, 15) is 9.59 Å². The molecule has 1 aromatic carbocycles. The molecule has 1 N–H and O–H groups in total. The van der Waals surface area contributed by atoms with Gasteiger partial charge in [0, 0.05) is 10.6 Å². The van der Waals surface area contributed by atoms with E-state index in [1.807, 2.05) is 0 Å². The molecule has 2 unspecified atom stereocenters. The monoisotopic (exact) mass is 332 g/mol. The molecule has 7 heteroatoms. The number of nitrogens with zero attached hydrogens (tertiary/aromatic N) is 1. The van der Waals surface area contributed by atoms with Crippen molar-refractivity contribution in [3.63, 3.8) is 0 Å². The van der Waals surface area contributed by atoms with Gasteiger partial charge in [-0.05, 0) is 36.4 Å². The number of esters is 1. The smallest absolute Gasteiger partial charge is 0.355 e. The highest BCUT2D eigenvalue weighted by molar-refractivity contribution is 6.40. The molecule has 0 saturated carbocycles. The fourth-order valence-corrected chi connectivity index (χ4v) is 2.62. The first-order valence-corrected chi connectivity index (χ1v) is 7.24. The van der Waals surface area contributed by atoms with Crippen molar-refractivity contribution in [2.75, 3.05) is 7.11 Å². The number of nitrogens with one attached hydrogen (secondary N) is 1. The van der Waals surface area contributed by atoms with Crippen LogP contribution in [0.5, 0.6) is 0 Å². The van der Waals surface area contributed by atoms with E-state index in [1.54, 1.807) is 36.4 Å². The number of Topliss-reactive ketones (excluding diaryl/α,β-unsaturated/α-hetero) is 1. The lowest BCUT2D eigenvalue weighted by Crippen LogP contribution is -2.37. The van der Waals surface area contributed by atoms with Gasteiger partial charge in [0.1, 0.15) is 11.8 Å². The van der Waals surface area contributed by atoms with Crippen molar-refractivity contribution in [2.45, 2.75) is 12.0 Å². The molecule has 0 spiro atoms. The Bertz CT molecular complexity index is 753. The van der Waals surface area contributed by atoms with Gasteiger partial charge in [-0.2, -0.15) is 5.10 Å². The Morgan fingerprint density at radius 3 is 2.61 bits per heavy atom. The summed E-state index contributed by atoms with van der Waals surface area (Å²) in [6, 6.07) is 9.14. The first kappa shape index (κ1) is 15.3. The van der Waals surface area contributed by atoms with Gasteiger partial charge in [0.25, 0.3) is 0 Å². The maximum atomic E-state index is 12.7. The molecule has 6 nitrogen and oxygen atoms in total. The zero-order valence-corrected chi connectivity index (χ0v) is 12.9. The minimum atomic E-state index is -0.753. The Morgan fingerprint density at radius 2 is 2.00 bits per heavy atom. The summed E-state index contributed by atoms with van der Waals surface area (Å²) in [6.45, 7) is 0. The summed E-state index contributed by atoms with van der Waals surface area (Å²) >= 11 is 5.84. The number of rotatable bonds is 4. The van der Waals surface area contributed by atoms with Crippen LogP contribution in [-0.4, -0.2) is 30.6 Å². The van der Waals surface area contributed by atoms with Gasteiger partial charge in [-0.15, -0.1) is 0 Å². The lowest BCUT2D eigenvalue weighted by molar-refractivity contribution is -0.132. The zero-order valence-electron chi connectivity index (χ0n) is 12.2. The number of methoxy groups -OCH3 is 1. The van der Waals surface area contributed by atoms with E-state index in [1.165, 1.54) is 13.4 Å². The molecular formula is C16H13ClN2O4. The van der Waals surface area contributed by atoms with E-state index in [2.05, 4.69) is 10.5 Å². The number of hydrogen-bond acceptors (Lipinski definition) is 6. The van der Waals surface area contributed by atoms with E-state index in [0.717, 1.165) is 0 Å². The molecule has 2 atom stereocenters. The van der Waals surface area contributed by atoms with Crippen LogP contribution in [0.3, 0.4) is 0 Å². The second kappa shape index (κ2) is 6.26. The van der Waals surface area contributed by atoms with Gasteiger partial charge in [-0.3, -0.25) is 10.2 Å². The third-order valence-corrected chi connectivity index (χ3v) is 3.86. The lowest BCUT2D eigenvalue weighted by Gasteiger charge is -2.17. The molecular weight excluding hydrogens is 320 g/mol. The normalized spacial score (nSPS) is 19.8. The quantitative estimate of drug-likeness (QED) is 0.687. The Morgan fingerprint density at radius 1 is 1.26 bits per heavy atom. The number of ketones is 1. The van der Waals surface area contributed by atoms with Crippen molar-refractivity contribution in [1.82, 2.24) is 5.43 Å². The number of ether oxygens (including phenoxy) is 1. The van der Waals surface area contributed by atoms with Crippen LogP contribution in [0.4, 0.5) is 0 Å². The van der Waals surface area contributed by atoms with Gasteiger partial charge in [0.15, 0.2) is 11.5 Å². The summed E-state index contributed by atoms with van der Waals surface area (Å²) in [5.41, 5.74) is 3.29. The number of furan rings is 1. The van der Waals surface area contributed by atoms with E-state index in [-0.39, 0.29) is 11.5 Å². The van der Waals surface area contributed by atoms with Crippen molar-refractivity contribution in [1.29, 1.82) is 0 Å². The molecule has 0 aliphatic carbocycles. The van der Waals surface area contributed by atoms with Gasteiger partial charge in [0.05, 0.1) is 19.3 Å². The Kier molecular flexibility index (Phi) is 4.16. The van der Waals surface area contributed by atoms with Gasteiger partial charge < -0.3 is 9.15 Å². The van der Waals surface area contributed by atoms with Gasteiger partial charge >= 0.3 is 5.97 Å². The predicted octanol–water partition coefficient (Wildman–Crippen LogP) is 2.40. The minimum absolute atomic E-state index is 0.106. The second-order valence-electron chi connectivity index (χ2n) is 4.96. The molecule has 0 radical (unpaired) electrons. The van der Waals surface area contributed by atoms with E-state index < -0.39 is 17.9 Å². The molecule has 118 valence electrons. The van der Waals surface area contributed by atoms with E-state index >= 15 is 0 Å². The number of hydrogen-bond donors (Lipinski definition) is 1. The van der Waals surface area contributed by atoms with Gasteiger partial charge in [-0.25, -0.2) is 4.79 Å². The number of carbonyl (C=O) groups is 2. The maximum Gasteiger partial charge on any atom is 0.355 e. The van der Waals surface area contributed by atoms with Crippen LogP contribution in [0.1, 0.15) is 22.0 Å². The lowest BCUT2D eigenvalue weighted by atomic mass is 9.88. The first-order chi connectivity index (χ1) is 11.1. The SMILES string of the molecule is COC(=O)C1=NNC(C(=O)c2ccc(Cl)cc2)C1c1ccco1. The molecule has 3 rings (SSSR count). The second-order valence-corrected chi connectivity index (χ2v) is 5.40. The standard InChI is InChI=1S/C16H13ClN2O4/c1-22-16(21)14-12(11-3-2-8-23-11)13(18-19-14)15(20)9-4-6-10(17)7-5-9/h2-8,12-13,18H,1H3. The van der Waals surface area contributed by atoms with Crippen molar-refractivity contribution >= 4 is 29.1 Å². The van der Waals surface area contributed by atoms with Gasteiger partial charge in [-0.1, -0.05) is 11.6 Å². The molecule has 0 amide bonds. The molecule has 2 aromatic rings. The molecule has 1 aromatic heterocycles. The molecule has 0 saturated heterocycles. The number of carbonyl (C=O) groups excluding carboxylic acids is 2. The van der Waals surface area contributed by atoms with Crippen LogP contribution in [0.15, 0.2) is 52.2 Å². The highest BCUT2D eigenvalue weighted by atomic mass is 35.5. The molecule has 0 bridgehead atoms. The Hall–Kier alpha value is -2.60. The number of hydrazone groups is 1. The summed E-state index contributed by atoms with van der Waals surface area (Å²) in [5.74, 6) is -1.01. The maximum absolute atomic E-state index is 12.7. The van der Waals surface area contributed by atoms with Crippen LogP contribution in [0.25, 0.3) is 0 Å². The third-order valence-electron chi connectivity index (χ3n) is 3.61. The molecule has 1 aliphatic rings. The first-order valence-electron chi connectivity index (χ1n) is 6.86. The predicted molar refractivity (Wildman–Crippen MR) is 83.6 cm³/mol. The van der Waals surface area contributed by atoms with Crippen LogP contribution < -0.4 is 5.43 Å². The van der Waals surface area contributed by atoms with E-state index in [0.29, 0.717) is 16.3 Å². The average molecular weight is 333 g/mol. The molecule has 0 fully saturated rings. The van der Waals surface area contributed by atoms with Crippen molar-refractivity contribution < 1.29 is 18.7 Å². The van der Waals surface area contributed by atoms with E-state index in [4.69, 9.17) is 20.8 Å². The molecule has 2 heterocycles. The molecule has 1 aliphatic heterocycles. The topological polar surface area (TPSA) is 80.9 Å².